The number of amides is 1. The zero-order valence-corrected chi connectivity index (χ0v) is 21.5. The number of nitrogens with one attached hydrogen (secondary N) is 3. The molecule has 5 N–H and O–H groups in total. The highest BCUT2D eigenvalue weighted by molar-refractivity contribution is 8.17. The van der Waals surface area contributed by atoms with Gasteiger partial charge in [0.1, 0.15) is 16.4 Å². The van der Waals surface area contributed by atoms with Gasteiger partial charge in [0.25, 0.3) is 0 Å². The van der Waals surface area contributed by atoms with Gasteiger partial charge in [-0.2, -0.15) is 0 Å². The molecule has 37 heavy (non-hydrogen) atoms. The van der Waals surface area contributed by atoms with E-state index in [-0.39, 0.29) is 16.1 Å². The Morgan fingerprint density at radius 3 is 2.76 bits per heavy atom. The molecular formula is C25H24N4O6S2. The molecule has 0 radical (unpaired) electrons. The van der Waals surface area contributed by atoms with E-state index < -0.39 is 22.7 Å². The first-order chi connectivity index (χ1) is 17.9. The maximum atomic E-state index is 12.4. The third-order valence-electron chi connectivity index (χ3n) is 6.22. The quantitative estimate of drug-likeness (QED) is 0.189. The Labute approximate surface area is 220 Å². The average molecular weight is 541 g/mol. The van der Waals surface area contributed by atoms with Gasteiger partial charge in [0.2, 0.25) is 0 Å². The molecule has 0 unspecified atom stereocenters. The van der Waals surface area contributed by atoms with Crippen LogP contribution < -0.4 is 10.1 Å². The number of esters is 1. The van der Waals surface area contributed by atoms with Crippen LogP contribution in [0.5, 0.6) is 11.5 Å². The van der Waals surface area contributed by atoms with Crippen molar-refractivity contribution in [3.63, 3.8) is 0 Å². The van der Waals surface area contributed by atoms with Gasteiger partial charge in [-0.1, -0.05) is 24.3 Å². The molecule has 3 atom stereocenters. The number of imidazole rings is 1. The number of fused-ring (bicyclic) bond motifs is 1. The van der Waals surface area contributed by atoms with E-state index in [4.69, 9.17) is 4.74 Å². The Kier molecular flexibility index (Phi) is 6.80. The van der Waals surface area contributed by atoms with Gasteiger partial charge in [-0.3, -0.25) is 4.79 Å². The molecule has 1 amide bonds. The lowest BCUT2D eigenvalue weighted by molar-refractivity contribution is -0.150. The van der Waals surface area contributed by atoms with Gasteiger partial charge >= 0.3 is 11.9 Å². The summed E-state index contributed by atoms with van der Waals surface area (Å²) >= 11 is 2.96. The van der Waals surface area contributed by atoms with Crippen molar-refractivity contribution in [1.82, 2.24) is 15.0 Å². The minimum absolute atomic E-state index is 0.0218. The predicted molar refractivity (Wildman–Crippen MR) is 142 cm³/mol. The van der Waals surface area contributed by atoms with E-state index in [0.717, 1.165) is 23.6 Å². The summed E-state index contributed by atoms with van der Waals surface area (Å²) in [6, 6.07) is 12.5. The van der Waals surface area contributed by atoms with Crippen molar-refractivity contribution in [3.05, 3.63) is 71.8 Å². The van der Waals surface area contributed by atoms with E-state index in [1.165, 1.54) is 36.7 Å². The van der Waals surface area contributed by atoms with Crippen LogP contribution in [0, 0.1) is 0 Å². The molecule has 1 fully saturated rings. The molecule has 1 aliphatic heterocycles. The Morgan fingerprint density at radius 1 is 1.22 bits per heavy atom. The number of ether oxygens (including phenoxy) is 2. The zero-order valence-electron chi connectivity index (χ0n) is 19.8. The monoisotopic (exact) mass is 540 g/mol. The molecule has 3 heterocycles. The van der Waals surface area contributed by atoms with E-state index in [9.17, 15) is 19.8 Å². The minimum Gasteiger partial charge on any atom is -0.504 e. The van der Waals surface area contributed by atoms with Crippen LogP contribution in [0.4, 0.5) is 5.82 Å². The SMILES string of the molecule is COC(=O)C(=O)Nc1[nH]c2ccccc2c1[C@H]1SC[C@H](O)[C@](c2ccc(O)c(OC)c2)(c2ncc[nH]2)S1. The number of nitrogens with zero attached hydrogens (tertiary/aromatic N) is 1. The summed E-state index contributed by atoms with van der Waals surface area (Å²) in [6.45, 7) is 0. The third-order valence-corrected chi connectivity index (χ3v) is 9.48. The first kappa shape index (κ1) is 25.1. The topological polar surface area (TPSA) is 150 Å². The summed E-state index contributed by atoms with van der Waals surface area (Å²) in [6.07, 6.45) is 2.44. The number of methoxy groups -OCH3 is 2. The molecule has 10 nitrogen and oxygen atoms in total. The van der Waals surface area contributed by atoms with Crippen LogP contribution in [0.2, 0.25) is 0 Å². The summed E-state index contributed by atoms with van der Waals surface area (Å²) in [7, 11) is 2.61. The zero-order chi connectivity index (χ0) is 26.2. The number of benzene rings is 2. The molecule has 192 valence electrons. The van der Waals surface area contributed by atoms with Crippen molar-refractivity contribution in [2.24, 2.45) is 0 Å². The number of aliphatic hydroxyl groups excluding tert-OH is 1. The molecule has 5 rings (SSSR count). The van der Waals surface area contributed by atoms with E-state index in [1.807, 2.05) is 24.3 Å². The van der Waals surface area contributed by atoms with E-state index >= 15 is 0 Å². The second-order valence-electron chi connectivity index (χ2n) is 8.26. The van der Waals surface area contributed by atoms with E-state index in [0.29, 0.717) is 23.0 Å². The van der Waals surface area contributed by atoms with Gasteiger partial charge in [0, 0.05) is 34.6 Å². The molecular weight excluding hydrogens is 516 g/mol. The van der Waals surface area contributed by atoms with Crippen molar-refractivity contribution in [1.29, 1.82) is 0 Å². The minimum atomic E-state index is -1.07. The summed E-state index contributed by atoms with van der Waals surface area (Å²) in [5, 5.41) is 25.2. The normalized spacial score (nSPS) is 21.5. The highest BCUT2D eigenvalue weighted by Gasteiger charge is 2.51. The molecule has 0 aliphatic carbocycles. The van der Waals surface area contributed by atoms with Crippen LogP contribution in [-0.4, -0.2) is 63.1 Å². The number of H-pyrrole nitrogens is 2. The number of thioether (sulfide) groups is 2. The van der Waals surface area contributed by atoms with Gasteiger partial charge in [0.15, 0.2) is 11.5 Å². The second-order valence-corrected chi connectivity index (χ2v) is 11.1. The first-order valence-electron chi connectivity index (χ1n) is 11.2. The Hall–Kier alpha value is -3.61. The van der Waals surface area contributed by atoms with Crippen LogP contribution in [0.15, 0.2) is 54.9 Å². The number of aromatic amines is 2. The fraction of sp³-hybridized carbons (Fsp3) is 0.240. The number of carbonyl (C=O) groups is 2. The second kappa shape index (κ2) is 10.0. The fourth-order valence-corrected chi connectivity index (χ4v) is 7.99. The van der Waals surface area contributed by atoms with Crippen LogP contribution >= 0.6 is 23.5 Å². The molecule has 12 heteroatoms. The Balaban J connectivity index is 1.66. The number of aliphatic hydroxyl groups is 1. The first-order valence-corrected chi connectivity index (χ1v) is 13.2. The summed E-state index contributed by atoms with van der Waals surface area (Å²) < 4.78 is 8.55. The molecule has 4 aromatic rings. The van der Waals surface area contributed by atoms with E-state index in [1.54, 1.807) is 24.5 Å². The number of hydrogen-bond acceptors (Lipinski definition) is 9. The fourth-order valence-electron chi connectivity index (χ4n) is 4.47. The van der Waals surface area contributed by atoms with Crippen molar-refractivity contribution in [2.75, 3.05) is 25.3 Å². The number of phenolic OH excluding ortho intramolecular Hbond substituents is 1. The number of para-hydroxylation sites is 1. The lowest BCUT2D eigenvalue weighted by Crippen LogP contribution is -2.43. The summed E-state index contributed by atoms with van der Waals surface area (Å²) in [5.41, 5.74) is 2.22. The van der Waals surface area contributed by atoms with E-state index in [2.05, 4.69) is 25.0 Å². The number of anilines is 1. The number of aromatic hydroxyl groups is 1. The highest BCUT2D eigenvalue weighted by Crippen LogP contribution is 2.61. The number of aromatic nitrogens is 3. The molecule has 0 spiro atoms. The van der Waals surface area contributed by atoms with Crippen LogP contribution in [-0.2, 0) is 19.1 Å². The Morgan fingerprint density at radius 2 is 2.03 bits per heavy atom. The van der Waals surface area contributed by atoms with Crippen molar-refractivity contribution in [2.45, 2.75) is 15.4 Å². The molecule has 0 bridgehead atoms. The Bertz CT molecular complexity index is 1460. The van der Waals surface area contributed by atoms with Crippen LogP contribution in [0.1, 0.15) is 21.5 Å². The summed E-state index contributed by atoms with van der Waals surface area (Å²) in [5.74, 6) is -0.425. The van der Waals surface area contributed by atoms with Crippen LogP contribution in [0.25, 0.3) is 10.9 Å². The largest absolute Gasteiger partial charge is 0.504 e. The number of rotatable bonds is 5. The number of carbonyl (C=O) groups excluding carboxylic acids is 2. The highest BCUT2D eigenvalue weighted by atomic mass is 32.2. The van der Waals surface area contributed by atoms with Crippen molar-refractivity contribution < 1.29 is 29.3 Å². The molecule has 1 aliphatic rings. The van der Waals surface area contributed by atoms with Crippen LogP contribution in [0.3, 0.4) is 0 Å². The molecule has 1 saturated heterocycles. The van der Waals surface area contributed by atoms with Crippen molar-refractivity contribution in [3.8, 4) is 11.5 Å². The van der Waals surface area contributed by atoms with Gasteiger partial charge in [-0.05, 0) is 23.8 Å². The van der Waals surface area contributed by atoms with Gasteiger partial charge < -0.3 is 35.0 Å². The molecule has 2 aromatic carbocycles. The summed E-state index contributed by atoms with van der Waals surface area (Å²) in [4.78, 5) is 35.2. The average Bonchev–Trinajstić information content (AvgIpc) is 3.57. The maximum Gasteiger partial charge on any atom is 0.396 e. The maximum absolute atomic E-state index is 12.4. The smallest absolute Gasteiger partial charge is 0.396 e. The van der Waals surface area contributed by atoms with Crippen molar-refractivity contribution >= 4 is 52.1 Å². The lowest BCUT2D eigenvalue weighted by Gasteiger charge is -2.43. The number of phenols is 1. The number of hydrogen-bond donors (Lipinski definition) is 5. The molecule has 2 aromatic heterocycles. The van der Waals surface area contributed by atoms with Gasteiger partial charge in [0.05, 0.1) is 24.9 Å². The third kappa shape index (κ3) is 4.30. The predicted octanol–water partition coefficient (Wildman–Crippen LogP) is 3.50. The van der Waals surface area contributed by atoms with Gasteiger partial charge in [-0.25, -0.2) is 9.78 Å². The molecule has 0 saturated carbocycles. The standard InChI is InChI=1S/C25H24N4O6S2/c1-34-17-11-13(7-8-16(17)30)25(24-26-9-10-27-24)18(31)12-36-23(37-25)19-14-5-3-4-6-15(14)28-20(19)29-21(32)22(33)35-2/h3-11,18,23,28,30-31H,12H2,1-2H3,(H,26,27)(H,29,32)/t18-,23-,25+/m0/s1. The lowest BCUT2D eigenvalue weighted by atomic mass is 9.91. The van der Waals surface area contributed by atoms with Gasteiger partial charge in [-0.15, -0.1) is 23.5 Å².